The number of halogens is 1. The molecule has 0 aliphatic carbocycles. The zero-order valence-corrected chi connectivity index (χ0v) is 11.5. The number of alkyl halides is 1. The molecule has 0 radical (unpaired) electrons. The van der Waals surface area contributed by atoms with Gasteiger partial charge in [-0.25, -0.2) is 4.98 Å². The highest BCUT2D eigenvalue weighted by Crippen LogP contribution is 2.27. The summed E-state index contributed by atoms with van der Waals surface area (Å²) < 4.78 is 0. The lowest BCUT2D eigenvalue weighted by molar-refractivity contribution is -0.384. The van der Waals surface area contributed by atoms with Crippen LogP contribution in [0.15, 0.2) is 18.3 Å². The number of nitrogens with zero attached hydrogens (tertiary/aromatic N) is 3. The van der Waals surface area contributed by atoms with Crippen LogP contribution in [0.2, 0.25) is 0 Å². The Balaban J connectivity index is 2.13. The molecule has 1 aliphatic heterocycles. The summed E-state index contributed by atoms with van der Waals surface area (Å²) in [4.78, 5) is 27.8. The highest BCUT2D eigenvalue weighted by Gasteiger charge is 2.26. The Morgan fingerprint density at radius 2 is 2.45 bits per heavy atom. The first-order valence-corrected chi connectivity index (χ1v) is 6.85. The van der Waals surface area contributed by atoms with Gasteiger partial charge < -0.3 is 10.2 Å². The number of amides is 1. The molecule has 1 aromatic heterocycles. The standard InChI is InChI=1S/C12H15ClN4O3/c13-7-11(18)15-9-3-2-6-16(8-9)12-10(17(19)20)4-1-5-14-12/h1,4-5,9H,2-3,6-8H2,(H,15,18)/t9-/m1/s1. The smallest absolute Gasteiger partial charge is 0.311 e. The molecule has 20 heavy (non-hydrogen) atoms. The van der Waals surface area contributed by atoms with E-state index in [2.05, 4.69) is 10.3 Å². The fourth-order valence-electron chi connectivity index (χ4n) is 2.33. The van der Waals surface area contributed by atoms with Gasteiger partial charge in [-0.2, -0.15) is 0 Å². The SMILES string of the molecule is O=C(CCl)N[C@@H]1CCCN(c2ncccc2[N+](=O)[O-])C1. The van der Waals surface area contributed by atoms with E-state index in [1.54, 1.807) is 6.07 Å². The maximum Gasteiger partial charge on any atom is 0.311 e. The quantitative estimate of drug-likeness (QED) is 0.514. The lowest BCUT2D eigenvalue weighted by Crippen LogP contribution is -2.48. The number of hydrogen-bond acceptors (Lipinski definition) is 5. The molecule has 8 heteroatoms. The Morgan fingerprint density at radius 3 is 3.15 bits per heavy atom. The summed E-state index contributed by atoms with van der Waals surface area (Å²) in [6.45, 7) is 1.19. The van der Waals surface area contributed by atoms with Gasteiger partial charge in [0.2, 0.25) is 11.7 Å². The van der Waals surface area contributed by atoms with Gasteiger partial charge >= 0.3 is 5.69 Å². The van der Waals surface area contributed by atoms with E-state index in [9.17, 15) is 14.9 Å². The van der Waals surface area contributed by atoms with Crippen LogP contribution in [-0.2, 0) is 4.79 Å². The maximum atomic E-state index is 11.3. The van der Waals surface area contributed by atoms with Crippen molar-refractivity contribution < 1.29 is 9.72 Å². The van der Waals surface area contributed by atoms with Crippen LogP contribution in [0.4, 0.5) is 11.5 Å². The van der Waals surface area contributed by atoms with Gasteiger partial charge in [0, 0.05) is 31.4 Å². The Bertz CT molecular complexity index is 511. The van der Waals surface area contributed by atoms with Crippen molar-refractivity contribution in [1.82, 2.24) is 10.3 Å². The van der Waals surface area contributed by atoms with Crippen molar-refractivity contribution in [2.75, 3.05) is 23.9 Å². The maximum absolute atomic E-state index is 11.3. The topological polar surface area (TPSA) is 88.4 Å². The molecule has 2 rings (SSSR count). The number of anilines is 1. The molecule has 1 N–H and O–H groups in total. The van der Waals surface area contributed by atoms with Crippen LogP contribution in [0.1, 0.15) is 12.8 Å². The van der Waals surface area contributed by atoms with Crippen LogP contribution in [-0.4, -0.2) is 40.8 Å². The van der Waals surface area contributed by atoms with E-state index in [0.29, 0.717) is 18.9 Å². The molecule has 1 atom stereocenters. The first-order valence-electron chi connectivity index (χ1n) is 6.31. The van der Waals surface area contributed by atoms with Crippen molar-refractivity contribution in [1.29, 1.82) is 0 Å². The predicted octanol–water partition coefficient (Wildman–Crippen LogP) is 1.31. The van der Waals surface area contributed by atoms with Gasteiger partial charge in [-0.05, 0) is 18.9 Å². The summed E-state index contributed by atoms with van der Waals surface area (Å²) >= 11 is 5.46. The van der Waals surface area contributed by atoms with Crippen molar-refractivity contribution in [2.24, 2.45) is 0 Å². The summed E-state index contributed by atoms with van der Waals surface area (Å²) in [6.07, 6.45) is 3.20. The number of nitro groups is 1. The highest BCUT2D eigenvalue weighted by atomic mass is 35.5. The minimum atomic E-state index is -0.441. The fourth-order valence-corrected chi connectivity index (χ4v) is 2.41. The van der Waals surface area contributed by atoms with Crippen molar-refractivity contribution in [3.05, 3.63) is 28.4 Å². The third-order valence-corrected chi connectivity index (χ3v) is 3.41. The molecular weight excluding hydrogens is 284 g/mol. The Morgan fingerprint density at radius 1 is 1.65 bits per heavy atom. The van der Waals surface area contributed by atoms with E-state index in [0.717, 1.165) is 12.8 Å². The zero-order valence-electron chi connectivity index (χ0n) is 10.8. The summed E-state index contributed by atoms with van der Waals surface area (Å²) in [5, 5.41) is 13.8. The number of piperidine rings is 1. The minimum Gasteiger partial charge on any atom is -0.351 e. The molecule has 0 saturated carbocycles. The second kappa shape index (κ2) is 6.51. The summed E-state index contributed by atoms with van der Waals surface area (Å²) in [5.74, 6) is 0.0385. The van der Waals surface area contributed by atoms with E-state index in [1.165, 1.54) is 12.3 Å². The highest BCUT2D eigenvalue weighted by molar-refractivity contribution is 6.27. The van der Waals surface area contributed by atoms with Gasteiger partial charge in [0.15, 0.2) is 0 Å². The minimum absolute atomic E-state index is 0.0168. The van der Waals surface area contributed by atoms with Crippen molar-refractivity contribution in [3.8, 4) is 0 Å². The summed E-state index contributed by atoms with van der Waals surface area (Å²) in [6, 6.07) is 2.92. The van der Waals surface area contributed by atoms with Gasteiger partial charge in [0.05, 0.1) is 4.92 Å². The first-order chi connectivity index (χ1) is 9.61. The number of aromatic nitrogens is 1. The van der Waals surface area contributed by atoms with Crippen LogP contribution in [0, 0.1) is 10.1 Å². The van der Waals surface area contributed by atoms with Crippen LogP contribution in [0.25, 0.3) is 0 Å². The molecule has 0 bridgehead atoms. The molecule has 7 nitrogen and oxygen atoms in total. The van der Waals surface area contributed by atoms with E-state index >= 15 is 0 Å². The molecule has 1 fully saturated rings. The molecule has 1 aromatic rings. The third-order valence-electron chi connectivity index (χ3n) is 3.17. The zero-order chi connectivity index (χ0) is 14.5. The van der Waals surface area contributed by atoms with E-state index in [-0.39, 0.29) is 23.5 Å². The van der Waals surface area contributed by atoms with E-state index < -0.39 is 4.92 Å². The van der Waals surface area contributed by atoms with Crippen LogP contribution < -0.4 is 10.2 Å². The molecule has 0 aromatic carbocycles. The second-order valence-corrected chi connectivity index (χ2v) is 4.86. The molecule has 1 amide bonds. The van der Waals surface area contributed by atoms with Gasteiger partial charge in [-0.1, -0.05) is 0 Å². The number of carbonyl (C=O) groups excluding carboxylic acids is 1. The van der Waals surface area contributed by atoms with E-state index in [4.69, 9.17) is 11.6 Å². The number of hydrogen-bond donors (Lipinski definition) is 1. The van der Waals surface area contributed by atoms with Gasteiger partial charge in [-0.15, -0.1) is 11.6 Å². The second-order valence-electron chi connectivity index (χ2n) is 4.59. The number of pyridine rings is 1. The van der Waals surface area contributed by atoms with Gasteiger partial charge in [-0.3, -0.25) is 14.9 Å². The Kier molecular flexibility index (Phi) is 4.73. The molecule has 1 aliphatic rings. The average Bonchev–Trinajstić information content (AvgIpc) is 2.47. The monoisotopic (exact) mass is 298 g/mol. The van der Waals surface area contributed by atoms with Crippen molar-refractivity contribution in [3.63, 3.8) is 0 Å². The molecule has 1 saturated heterocycles. The molecular formula is C12H15ClN4O3. The lowest BCUT2D eigenvalue weighted by atomic mass is 10.1. The molecule has 0 spiro atoms. The largest absolute Gasteiger partial charge is 0.351 e. The average molecular weight is 299 g/mol. The first kappa shape index (κ1) is 14.5. The van der Waals surface area contributed by atoms with Crippen molar-refractivity contribution in [2.45, 2.75) is 18.9 Å². The predicted molar refractivity (Wildman–Crippen MR) is 75.0 cm³/mol. The van der Waals surface area contributed by atoms with Crippen LogP contribution in [0.3, 0.4) is 0 Å². The summed E-state index contributed by atoms with van der Waals surface area (Å²) in [7, 11) is 0. The van der Waals surface area contributed by atoms with Gasteiger partial charge in [0.25, 0.3) is 0 Å². The fraction of sp³-hybridized carbons (Fsp3) is 0.500. The van der Waals surface area contributed by atoms with Crippen LogP contribution >= 0.6 is 11.6 Å². The lowest BCUT2D eigenvalue weighted by Gasteiger charge is -2.33. The Hall–Kier alpha value is -1.89. The third kappa shape index (κ3) is 3.36. The number of carbonyl (C=O) groups is 1. The summed E-state index contributed by atoms with van der Waals surface area (Å²) in [5.41, 5.74) is -0.0168. The molecule has 108 valence electrons. The number of nitrogens with one attached hydrogen (secondary N) is 1. The van der Waals surface area contributed by atoms with Crippen molar-refractivity contribution >= 4 is 29.0 Å². The van der Waals surface area contributed by atoms with E-state index in [1.807, 2.05) is 4.90 Å². The molecule has 2 heterocycles. The van der Waals surface area contributed by atoms with Crippen LogP contribution in [0.5, 0.6) is 0 Å². The molecule has 0 unspecified atom stereocenters. The van der Waals surface area contributed by atoms with Gasteiger partial charge in [0.1, 0.15) is 5.88 Å². The normalized spacial score (nSPS) is 18.6. The number of rotatable bonds is 4. The Labute approximate surface area is 121 Å².